The minimum absolute atomic E-state index is 0.144. The number of unbranched alkanes of at least 4 members (excludes halogenated alkanes) is 2. The number of aromatic nitrogens is 6. The van der Waals surface area contributed by atoms with Crippen LogP contribution in [-0.2, 0) is 13.1 Å². The third kappa shape index (κ3) is 6.89. The van der Waals surface area contributed by atoms with E-state index in [4.69, 9.17) is 16.6 Å². The molecule has 0 saturated heterocycles. The highest BCUT2D eigenvalue weighted by molar-refractivity contribution is 6.30. The van der Waals surface area contributed by atoms with Crippen LogP contribution in [0.4, 0.5) is 0 Å². The van der Waals surface area contributed by atoms with Crippen LogP contribution in [0.3, 0.4) is 0 Å². The van der Waals surface area contributed by atoms with Crippen molar-refractivity contribution in [3.8, 4) is 33.6 Å². The number of pyridine rings is 1. The Morgan fingerprint density at radius 3 is 2.42 bits per heavy atom. The van der Waals surface area contributed by atoms with E-state index in [1.165, 1.54) is 0 Å². The first-order valence-electron chi connectivity index (χ1n) is 15.2. The largest absolute Gasteiger partial charge is 0.352 e. The van der Waals surface area contributed by atoms with Crippen LogP contribution in [0.25, 0.3) is 39.4 Å². The molecule has 10 heteroatoms. The van der Waals surface area contributed by atoms with E-state index in [9.17, 15) is 9.59 Å². The van der Waals surface area contributed by atoms with Crippen LogP contribution in [0.5, 0.6) is 0 Å². The fourth-order valence-electron chi connectivity index (χ4n) is 5.34. The number of nitrogens with zero attached hydrogens (tertiary/aromatic N) is 6. The number of hydrogen-bond acceptors (Lipinski definition) is 5. The summed E-state index contributed by atoms with van der Waals surface area (Å²) in [7, 11) is 0. The van der Waals surface area contributed by atoms with Crippen molar-refractivity contribution in [3.63, 3.8) is 0 Å². The highest BCUT2D eigenvalue weighted by atomic mass is 35.5. The Hall–Kier alpha value is -5.02. The van der Waals surface area contributed by atoms with Crippen LogP contribution in [0.15, 0.2) is 103 Å². The number of hydrogen-bond donors (Lipinski definition) is 1. The molecular formula is C35H34ClN7O2. The van der Waals surface area contributed by atoms with E-state index < -0.39 is 0 Å². The van der Waals surface area contributed by atoms with E-state index in [0.29, 0.717) is 41.7 Å². The van der Waals surface area contributed by atoms with Gasteiger partial charge in [-0.1, -0.05) is 61.7 Å². The topological polar surface area (TPSA) is 99.1 Å². The van der Waals surface area contributed by atoms with Crippen molar-refractivity contribution in [2.45, 2.75) is 45.7 Å². The van der Waals surface area contributed by atoms with Crippen LogP contribution in [0.1, 0.15) is 43.0 Å². The van der Waals surface area contributed by atoms with Gasteiger partial charge in [0.1, 0.15) is 0 Å². The summed E-state index contributed by atoms with van der Waals surface area (Å²) < 4.78 is 5.57. The van der Waals surface area contributed by atoms with Gasteiger partial charge in [-0.3, -0.25) is 23.7 Å². The maximum absolute atomic E-state index is 13.3. The molecule has 0 fully saturated rings. The summed E-state index contributed by atoms with van der Waals surface area (Å²) >= 11 is 6.08. The fourth-order valence-corrected chi connectivity index (χ4v) is 5.47. The number of benzene rings is 2. The number of rotatable bonds is 12. The van der Waals surface area contributed by atoms with E-state index in [2.05, 4.69) is 26.9 Å². The fraction of sp³-hybridized carbons (Fsp3) is 0.229. The molecule has 1 amide bonds. The molecule has 0 bridgehead atoms. The molecule has 228 valence electrons. The van der Waals surface area contributed by atoms with Crippen LogP contribution in [0, 0.1) is 0 Å². The van der Waals surface area contributed by atoms with E-state index in [-0.39, 0.29) is 11.5 Å². The number of carbonyl (C=O) groups excluding carboxylic acids is 1. The van der Waals surface area contributed by atoms with Crippen LogP contribution >= 0.6 is 11.6 Å². The molecule has 0 aliphatic rings. The van der Waals surface area contributed by atoms with E-state index >= 15 is 0 Å². The van der Waals surface area contributed by atoms with Crippen molar-refractivity contribution >= 4 is 23.3 Å². The average Bonchev–Trinajstić information content (AvgIpc) is 3.74. The quantitative estimate of drug-likeness (QED) is 0.153. The third-order valence-corrected chi connectivity index (χ3v) is 8.01. The van der Waals surface area contributed by atoms with Gasteiger partial charge in [0.15, 0.2) is 0 Å². The van der Waals surface area contributed by atoms with E-state index in [0.717, 1.165) is 53.6 Å². The normalized spacial score (nSPS) is 11.2. The molecule has 45 heavy (non-hydrogen) atoms. The van der Waals surface area contributed by atoms with Crippen LogP contribution in [-0.4, -0.2) is 41.2 Å². The Kier molecular flexibility index (Phi) is 9.17. The van der Waals surface area contributed by atoms with Crippen molar-refractivity contribution in [2.75, 3.05) is 6.54 Å². The molecule has 0 radical (unpaired) electrons. The van der Waals surface area contributed by atoms with Crippen LogP contribution in [0.2, 0.25) is 5.02 Å². The first kappa shape index (κ1) is 30.0. The third-order valence-electron chi connectivity index (χ3n) is 7.76. The van der Waals surface area contributed by atoms with Crippen molar-refractivity contribution in [2.24, 2.45) is 0 Å². The van der Waals surface area contributed by atoms with Gasteiger partial charge in [-0.2, -0.15) is 5.10 Å². The molecule has 0 aliphatic carbocycles. The van der Waals surface area contributed by atoms with Gasteiger partial charge < -0.3 is 9.88 Å². The summed E-state index contributed by atoms with van der Waals surface area (Å²) in [6.07, 6.45) is 13.0. The Morgan fingerprint density at radius 2 is 1.67 bits per heavy atom. The number of fused-ring (bicyclic) bond motifs is 1. The van der Waals surface area contributed by atoms with Crippen LogP contribution < -0.4 is 10.9 Å². The summed E-state index contributed by atoms with van der Waals surface area (Å²) in [4.78, 5) is 35.2. The van der Waals surface area contributed by atoms with Gasteiger partial charge in [-0.25, -0.2) is 4.98 Å². The molecule has 6 aromatic rings. The van der Waals surface area contributed by atoms with E-state index in [1.807, 2.05) is 71.8 Å². The average molecular weight is 620 g/mol. The Balaban J connectivity index is 1.16. The molecule has 0 unspecified atom stereocenters. The molecule has 2 aromatic carbocycles. The van der Waals surface area contributed by atoms with Crippen molar-refractivity contribution in [1.29, 1.82) is 0 Å². The molecule has 0 saturated carbocycles. The summed E-state index contributed by atoms with van der Waals surface area (Å²) in [6.45, 7) is 4.08. The minimum atomic E-state index is -0.161. The van der Waals surface area contributed by atoms with Crippen molar-refractivity contribution in [1.82, 2.24) is 34.0 Å². The van der Waals surface area contributed by atoms with Gasteiger partial charge in [0, 0.05) is 77.8 Å². The maximum atomic E-state index is 13.3. The SMILES string of the molecule is CCCCCn1c(-c2ccc(C(=O)NCCCn3cc(-c4cccnc4)cn3)cc2)cc(=O)n2cc(-c3ccc(Cl)cc3)nc12. The van der Waals surface area contributed by atoms with Crippen molar-refractivity contribution < 1.29 is 4.79 Å². The number of amides is 1. The second kappa shape index (κ2) is 13.7. The zero-order valence-corrected chi connectivity index (χ0v) is 25.8. The predicted molar refractivity (Wildman–Crippen MR) is 177 cm³/mol. The van der Waals surface area contributed by atoms with Crippen molar-refractivity contribution in [3.05, 3.63) is 119 Å². The first-order valence-corrected chi connectivity index (χ1v) is 15.6. The number of halogens is 1. The van der Waals surface area contributed by atoms with Gasteiger partial charge in [0.2, 0.25) is 5.78 Å². The molecule has 6 rings (SSSR count). The molecule has 1 N–H and O–H groups in total. The predicted octanol–water partition coefficient (Wildman–Crippen LogP) is 6.75. The lowest BCUT2D eigenvalue weighted by atomic mass is 10.1. The molecule has 0 atom stereocenters. The second-order valence-corrected chi connectivity index (χ2v) is 11.4. The highest BCUT2D eigenvalue weighted by Crippen LogP contribution is 2.25. The number of imidazole rings is 1. The lowest BCUT2D eigenvalue weighted by Crippen LogP contribution is -2.25. The zero-order chi connectivity index (χ0) is 31.2. The van der Waals surface area contributed by atoms with Gasteiger partial charge in [-0.05, 0) is 48.7 Å². The summed E-state index contributed by atoms with van der Waals surface area (Å²) in [6, 6.07) is 20.4. The van der Waals surface area contributed by atoms with E-state index in [1.54, 1.807) is 35.0 Å². The Morgan fingerprint density at radius 1 is 0.867 bits per heavy atom. The Bertz CT molecular complexity index is 1960. The molecule has 0 aliphatic heterocycles. The Labute approximate surface area is 266 Å². The van der Waals surface area contributed by atoms with Gasteiger partial charge in [-0.15, -0.1) is 0 Å². The summed E-state index contributed by atoms with van der Waals surface area (Å²) in [5.74, 6) is 0.444. The summed E-state index contributed by atoms with van der Waals surface area (Å²) in [5.41, 5.74) is 5.64. The maximum Gasteiger partial charge on any atom is 0.259 e. The second-order valence-electron chi connectivity index (χ2n) is 11.0. The number of carbonyl (C=O) groups is 1. The molecule has 4 heterocycles. The number of nitrogens with one attached hydrogen (secondary N) is 1. The zero-order valence-electron chi connectivity index (χ0n) is 25.1. The molecule has 0 spiro atoms. The lowest BCUT2D eigenvalue weighted by Gasteiger charge is -2.15. The molecule has 9 nitrogen and oxygen atoms in total. The number of aryl methyl sites for hydroxylation is 2. The minimum Gasteiger partial charge on any atom is -0.352 e. The van der Waals surface area contributed by atoms with Gasteiger partial charge >= 0.3 is 0 Å². The monoisotopic (exact) mass is 619 g/mol. The molecule has 4 aromatic heterocycles. The standard InChI is InChI=1S/C35H34ClN7O2/c1-2-3-4-19-42-32(20-33(44)43-24-31(40-35(42)43)25-12-14-30(36)15-13-25)26-8-10-27(11-9-26)34(45)38-17-6-18-41-23-29(22-39-41)28-7-5-16-37-21-28/h5,7-16,20-24H,2-4,6,17-19H2,1H3,(H,38,45). The van der Waals surface area contributed by atoms with Gasteiger partial charge in [0.05, 0.1) is 17.6 Å². The molecular weight excluding hydrogens is 586 g/mol. The smallest absolute Gasteiger partial charge is 0.259 e. The summed E-state index contributed by atoms with van der Waals surface area (Å²) in [5, 5.41) is 8.07. The highest BCUT2D eigenvalue weighted by Gasteiger charge is 2.16. The lowest BCUT2D eigenvalue weighted by molar-refractivity contribution is 0.0952. The first-order chi connectivity index (χ1) is 22.0. The van der Waals surface area contributed by atoms with Gasteiger partial charge in [0.25, 0.3) is 11.5 Å².